The van der Waals surface area contributed by atoms with Gasteiger partial charge in [-0.15, -0.1) is 0 Å². The Hall–Kier alpha value is -1.38. The Morgan fingerprint density at radius 2 is 1.50 bits per heavy atom. The smallest absolute Gasteiger partial charge is 0.123 e. The highest BCUT2D eigenvalue weighted by Crippen LogP contribution is 2.09. The van der Waals surface area contributed by atoms with Crippen molar-refractivity contribution in [1.29, 1.82) is 0 Å². The first-order valence-corrected chi connectivity index (χ1v) is 6.31. The Labute approximate surface area is 112 Å². The van der Waals surface area contributed by atoms with Crippen LogP contribution in [0.3, 0.4) is 0 Å². The van der Waals surface area contributed by atoms with Gasteiger partial charge >= 0.3 is 0 Å². The summed E-state index contributed by atoms with van der Waals surface area (Å²) >= 11 is 5.82. The zero-order valence-corrected chi connectivity index (χ0v) is 10.8. The monoisotopic (exact) mass is 263 g/mol. The molecule has 0 saturated heterocycles. The van der Waals surface area contributed by atoms with Crippen LogP contribution in [0, 0.1) is 5.82 Å². The van der Waals surface area contributed by atoms with Gasteiger partial charge in [0.25, 0.3) is 0 Å². The van der Waals surface area contributed by atoms with Crippen LogP contribution in [0.4, 0.5) is 4.39 Å². The van der Waals surface area contributed by atoms with Crippen LogP contribution in [0.5, 0.6) is 0 Å². The van der Waals surface area contributed by atoms with E-state index in [1.807, 2.05) is 24.3 Å². The SMILES string of the molecule is Fc1ccc(CNCCc2ccc(Cl)cc2)cc1. The van der Waals surface area contributed by atoms with E-state index in [9.17, 15) is 4.39 Å². The summed E-state index contributed by atoms with van der Waals surface area (Å²) in [5, 5.41) is 4.09. The molecule has 0 unspecified atom stereocenters. The summed E-state index contributed by atoms with van der Waals surface area (Å²) in [5.74, 6) is -0.195. The van der Waals surface area contributed by atoms with Gasteiger partial charge in [0.15, 0.2) is 0 Å². The van der Waals surface area contributed by atoms with E-state index in [1.54, 1.807) is 12.1 Å². The summed E-state index contributed by atoms with van der Waals surface area (Å²) in [6.07, 6.45) is 0.957. The number of nitrogens with one attached hydrogen (secondary N) is 1. The lowest BCUT2D eigenvalue weighted by molar-refractivity contribution is 0.625. The number of benzene rings is 2. The molecule has 18 heavy (non-hydrogen) atoms. The van der Waals surface area contributed by atoms with E-state index in [0.29, 0.717) is 0 Å². The van der Waals surface area contributed by atoms with Gasteiger partial charge in [0.2, 0.25) is 0 Å². The molecule has 0 bridgehead atoms. The fraction of sp³-hybridized carbons (Fsp3) is 0.200. The number of halogens is 2. The maximum absolute atomic E-state index is 12.7. The maximum Gasteiger partial charge on any atom is 0.123 e. The number of hydrogen-bond acceptors (Lipinski definition) is 1. The molecule has 94 valence electrons. The molecule has 2 aromatic rings. The lowest BCUT2D eigenvalue weighted by Gasteiger charge is -2.05. The first kappa shape index (κ1) is 13.1. The molecule has 0 saturated carbocycles. The second kappa shape index (κ2) is 6.53. The van der Waals surface area contributed by atoms with Crippen molar-refractivity contribution in [1.82, 2.24) is 5.32 Å². The van der Waals surface area contributed by atoms with E-state index < -0.39 is 0 Å². The van der Waals surface area contributed by atoms with E-state index in [4.69, 9.17) is 11.6 Å². The third kappa shape index (κ3) is 4.13. The lowest BCUT2D eigenvalue weighted by atomic mass is 10.1. The largest absolute Gasteiger partial charge is 0.312 e. The Morgan fingerprint density at radius 1 is 0.889 bits per heavy atom. The van der Waals surface area contributed by atoms with Crippen LogP contribution < -0.4 is 5.32 Å². The molecule has 0 radical (unpaired) electrons. The zero-order chi connectivity index (χ0) is 12.8. The summed E-state index contributed by atoms with van der Waals surface area (Å²) in [4.78, 5) is 0. The minimum Gasteiger partial charge on any atom is -0.312 e. The molecule has 1 nitrogen and oxygen atoms in total. The van der Waals surface area contributed by atoms with Gasteiger partial charge in [-0.05, 0) is 48.4 Å². The van der Waals surface area contributed by atoms with Crippen molar-refractivity contribution in [2.45, 2.75) is 13.0 Å². The van der Waals surface area contributed by atoms with E-state index >= 15 is 0 Å². The molecule has 1 N–H and O–H groups in total. The van der Waals surface area contributed by atoms with Crippen LogP contribution in [0.25, 0.3) is 0 Å². The summed E-state index contributed by atoms with van der Waals surface area (Å²) in [5.41, 5.74) is 2.35. The Kier molecular flexibility index (Phi) is 4.73. The Morgan fingerprint density at radius 3 is 2.17 bits per heavy atom. The van der Waals surface area contributed by atoms with Gasteiger partial charge in [0.1, 0.15) is 5.82 Å². The van der Waals surface area contributed by atoms with Crippen LogP contribution >= 0.6 is 11.6 Å². The highest BCUT2D eigenvalue weighted by molar-refractivity contribution is 6.30. The second-order valence-corrected chi connectivity index (χ2v) is 4.62. The van der Waals surface area contributed by atoms with Crippen LogP contribution in [0.1, 0.15) is 11.1 Å². The van der Waals surface area contributed by atoms with Crippen molar-refractivity contribution < 1.29 is 4.39 Å². The summed E-state index contributed by atoms with van der Waals surface area (Å²) in [6.45, 7) is 1.65. The van der Waals surface area contributed by atoms with Crippen molar-refractivity contribution in [3.05, 3.63) is 70.5 Å². The van der Waals surface area contributed by atoms with Crippen molar-refractivity contribution in [2.75, 3.05) is 6.54 Å². The third-order valence-electron chi connectivity index (χ3n) is 2.75. The molecular weight excluding hydrogens is 249 g/mol. The van der Waals surface area contributed by atoms with Crippen molar-refractivity contribution in [2.24, 2.45) is 0 Å². The standard InChI is InChI=1S/C15H15ClFN/c16-14-5-1-12(2-6-14)9-10-18-11-13-3-7-15(17)8-4-13/h1-8,18H,9-11H2. The molecule has 2 rings (SSSR count). The molecule has 2 aromatic carbocycles. The van der Waals surface area contributed by atoms with Crippen LogP contribution in [-0.2, 0) is 13.0 Å². The van der Waals surface area contributed by atoms with E-state index in [-0.39, 0.29) is 5.82 Å². The molecule has 3 heteroatoms. The predicted octanol–water partition coefficient (Wildman–Crippen LogP) is 3.81. The predicted molar refractivity (Wildman–Crippen MR) is 73.3 cm³/mol. The average molecular weight is 264 g/mol. The van der Waals surface area contributed by atoms with E-state index in [2.05, 4.69) is 5.32 Å². The van der Waals surface area contributed by atoms with Gasteiger partial charge in [-0.3, -0.25) is 0 Å². The average Bonchev–Trinajstić information content (AvgIpc) is 2.39. The Balaban J connectivity index is 1.73. The minimum absolute atomic E-state index is 0.195. The molecule has 0 fully saturated rings. The normalized spacial score (nSPS) is 10.6. The first-order valence-electron chi connectivity index (χ1n) is 5.93. The molecular formula is C15H15ClFN. The molecule has 0 aliphatic heterocycles. The van der Waals surface area contributed by atoms with E-state index in [0.717, 1.165) is 30.1 Å². The van der Waals surface area contributed by atoms with Crippen LogP contribution in [0.2, 0.25) is 5.02 Å². The molecule has 0 atom stereocenters. The van der Waals surface area contributed by atoms with Crippen molar-refractivity contribution in [3.63, 3.8) is 0 Å². The molecule has 0 aromatic heterocycles. The fourth-order valence-corrected chi connectivity index (χ4v) is 1.84. The van der Waals surface area contributed by atoms with Crippen molar-refractivity contribution >= 4 is 11.6 Å². The van der Waals surface area contributed by atoms with Gasteiger partial charge in [-0.25, -0.2) is 4.39 Å². The van der Waals surface area contributed by atoms with Gasteiger partial charge < -0.3 is 5.32 Å². The number of hydrogen-bond donors (Lipinski definition) is 1. The zero-order valence-electron chi connectivity index (χ0n) is 10.00. The second-order valence-electron chi connectivity index (χ2n) is 4.18. The van der Waals surface area contributed by atoms with Gasteiger partial charge in [-0.2, -0.15) is 0 Å². The maximum atomic E-state index is 12.7. The summed E-state index contributed by atoms with van der Waals surface area (Å²) in [7, 11) is 0. The highest BCUT2D eigenvalue weighted by Gasteiger charge is 1.95. The van der Waals surface area contributed by atoms with Crippen LogP contribution in [0.15, 0.2) is 48.5 Å². The lowest BCUT2D eigenvalue weighted by Crippen LogP contribution is -2.16. The first-order chi connectivity index (χ1) is 8.74. The topological polar surface area (TPSA) is 12.0 Å². The quantitative estimate of drug-likeness (QED) is 0.809. The molecule has 0 aliphatic carbocycles. The van der Waals surface area contributed by atoms with Gasteiger partial charge in [0, 0.05) is 11.6 Å². The molecule has 0 heterocycles. The highest BCUT2D eigenvalue weighted by atomic mass is 35.5. The van der Waals surface area contributed by atoms with E-state index in [1.165, 1.54) is 17.7 Å². The minimum atomic E-state index is -0.195. The summed E-state index contributed by atoms with van der Waals surface area (Å²) in [6, 6.07) is 14.4. The summed E-state index contributed by atoms with van der Waals surface area (Å²) < 4.78 is 12.7. The molecule has 0 spiro atoms. The van der Waals surface area contributed by atoms with Crippen LogP contribution in [-0.4, -0.2) is 6.54 Å². The van der Waals surface area contributed by atoms with Gasteiger partial charge in [-0.1, -0.05) is 35.9 Å². The van der Waals surface area contributed by atoms with Gasteiger partial charge in [0.05, 0.1) is 0 Å². The molecule has 0 amide bonds. The third-order valence-corrected chi connectivity index (χ3v) is 3.00. The number of rotatable bonds is 5. The Bertz CT molecular complexity index is 431. The fourth-order valence-electron chi connectivity index (χ4n) is 1.72. The van der Waals surface area contributed by atoms with Crippen molar-refractivity contribution in [3.8, 4) is 0 Å². The molecule has 0 aliphatic rings.